The van der Waals surface area contributed by atoms with Gasteiger partial charge in [-0.15, -0.1) is 12.4 Å². The predicted octanol–water partition coefficient (Wildman–Crippen LogP) is 1.28. The molecule has 0 spiro atoms. The molecule has 1 aliphatic rings. The highest BCUT2D eigenvalue weighted by molar-refractivity contribution is 7.88. The molecule has 6 heteroatoms. The molecule has 2 N–H and O–H groups in total. The molecule has 0 radical (unpaired) electrons. The van der Waals surface area contributed by atoms with Crippen molar-refractivity contribution in [3.8, 4) is 0 Å². The molecule has 1 aromatic carbocycles. The molecule has 18 heavy (non-hydrogen) atoms. The Bertz CT molecular complexity index is 444. The average molecular weight is 291 g/mol. The highest BCUT2D eigenvalue weighted by Gasteiger charge is 2.19. The number of hydrogen-bond acceptors (Lipinski definition) is 3. The Labute approximate surface area is 115 Å². The van der Waals surface area contributed by atoms with E-state index in [0.29, 0.717) is 0 Å². The smallest absolute Gasteiger partial charge is 0.216 e. The summed E-state index contributed by atoms with van der Waals surface area (Å²) in [6, 6.07) is 9.29. The maximum atomic E-state index is 11.9. The molecule has 1 saturated heterocycles. The molecule has 1 atom stereocenters. The summed E-state index contributed by atoms with van der Waals surface area (Å²) < 4.78 is 26.6. The number of sulfonamides is 1. The zero-order chi connectivity index (χ0) is 12.1. The number of hydrogen-bond donors (Lipinski definition) is 2. The zero-order valence-corrected chi connectivity index (χ0v) is 11.8. The SMILES string of the molecule is Cl.O=S(=O)(Cc1ccccc1)N[C@@H]1CCCNC1. The third-order valence-electron chi connectivity index (χ3n) is 2.84. The molecule has 0 bridgehead atoms. The van der Waals surface area contributed by atoms with E-state index in [1.165, 1.54) is 0 Å². The Morgan fingerprint density at radius 2 is 2.00 bits per heavy atom. The molecule has 1 aliphatic heterocycles. The van der Waals surface area contributed by atoms with Crippen LogP contribution in [-0.4, -0.2) is 27.5 Å². The summed E-state index contributed by atoms with van der Waals surface area (Å²) in [4.78, 5) is 0. The van der Waals surface area contributed by atoms with E-state index >= 15 is 0 Å². The first-order chi connectivity index (χ1) is 8.16. The minimum atomic E-state index is -3.22. The van der Waals surface area contributed by atoms with Gasteiger partial charge in [-0.1, -0.05) is 30.3 Å². The number of rotatable bonds is 4. The summed E-state index contributed by atoms with van der Waals surface area (Å²) in [6.45, 7) is 1.71. The molecule has 1 fully saturated rings. The molecule has 0 aromatic heterocycles. The van der Waals surface area contributed by atoms with Crippen LogP contribution in [0.1, 0.15) is 18.4 Å². The minimum absolute atomic E-state index is 0. The van der Waals surface area contributed by atoms with E-state index in [-0.39, 0.29) is 24.2 Å². The fourth-order valence-corrected chi connectivity index (χ4v) is 3.47. The van der Waals surface area contributed by atoms with Crippen LogP contribution in [0.15, 0.2) is 30.3 Å². The van der Waals surface area contributed by atoms with Crippen molar-refractivity contribution >= 4 is 22.4 Å². The van der Waals surface area contributed by atoms with Gasteiger partial charge in [0.1, 0.15) is 0 Å². The topological polar surface area (TPSA) is 58.2 Å². The van der Waals surface area contributed by atoms with Gasteiger partial charge in [0, 0.05) is 12.6 Å². The summed E-state index contributed by atoms with van der Waals surface area (Å²) in [7, 11) is -3.22. The number of benzene rings is 1. The lowest BCUT2D eigenvalue weighted by molar-refractivity contribution is 0.428. The van der Waals surface area contributed by atoms with E-state index in [4.69, 9.17) is 0 Å². The summed E-state index contributed by atoms with van der Waals surface area (Å²) >= 11 is 0. The average Bonchev–Trinajstić information content (AvgIpc) is 2.30. The molecule has 0 unspecified atom stereocenters. The standard InChI is InChI=1S/C12H18N2O2S.ClH/c15-17(16,10-11-5-2-1-3-6-11)14-12-7-4-8-13-9-12;/h1-3,5-6,12-14H,4,7-10H2;1H/t12-;/m1./s1. The van der Waals surface area contributed by atoms with Crippen LogP contribution in [0.25, 0.3) is 0 Å². The summed E-state index contributed by atoms with van der Waals surface area (Å²) in [5, 5.41) is 3.19. The molecule has 1 heterocycles. The van der Waals surface area contributed by atoms with Gasteiger partial charge in [-0.05, 0) is 24.9 Å². The lowest BCUT2D eigenvalue weighted by Gasteiger charge is -2.23. The van der Waals surface area contributed by atoms with Crippen molar-refractivity contribution in [1.29, 1.82) is 0 Å². The molecular weight excluding hydrogens is 272 g/mol. The van der Waals surface area contributed by atoms with Crippen LogP contribution in [0.4, 0.5) is 0 Å². The number of piperidine rings is 1. The van der Waals surface area contributed by atoms with Gasteiger partial charge >= 0.3 is 0 Å². The molecule has 0 amide bonds. The van der Waals surface area contributed by atoms with Crippen molar-refractivity contribution in [3.05, 3.63) is 35.9 Å². The molecule has 4 nitrogen and oxygen atoms in total. The fraction of sp³-hybridized carbons (Fsp3) is 0.500. The second-order valence-corrected chi connectivity index (χ2v) is 6.16. The Kier molecular flexibility index (Phi) is 6.08. The fourth-order valence-electron chi connectivity index (χ4n) is 2.04. The van der Waals surface area contributed by atoms with Gasteiger partial charge in [0.15, 0.2) is 0 Å². The second-order valence-electron chi connectivity index (χ2n) is 4.41. The minimum Gasteiger partial charge on any atom is -0.315 e. The quantitative estimate of drug-likeness (QED) is 0.878. The van der Waals surface area contributed by atoms with Gasteiger partial charge in [-0.2, -0.15) is 0 Å². The van der Waals surface area contributed by atoms with Crippen LogP contribution < -0.4 is 10.0 Å². The Morgan fingerprint density at radius 1 is 1.28 bits per heavy atom. The van der Waals surface area contributed by atoms with Crippen LogP contribution in [0.3, 0.4) is 0 Å². The third kappa shape index (κ3) is 4.94. The summed E-state index contributed by atoms with van der Waals surface area (Å²) in [6.07, 6.45) is 1.94. The number of nitrogens with one attached hydrogen (secondary N) is 2. The molecule has 2 rings (SSSR count). The first-order valence-corrected chi connectivity index (χ1v) is 7.55. The normalized spacial score (nSPS) is 20.1. The summed E-state index contributed by atoms with van der Waals surface area (Å²) in [5.41, 5.74) is 0.823. The first-order valence-electron chi connectivity index (χ1n) is 5.90. The highest BCUT2D eigenvalue weighted by Crippen LogP contribution is 2.07. The molecule has 102 valence electrons. The largest absolute Gasteiger partial charge is 0.315 e. The van der Waals surface area contributed by atoms with Gasteiger partial charge in [-0.3, -0.25) is 0 Å². The third-order valence-corrected chi connectivity index (χ3v) is 4.25. The molecule has 0 aliphatic carbocycles. The zero-order valence-electron chi connectivity index (χ0n) is 10.1. The van der Waals surface area contributed by atoms with E-state index in [2.05, 4.69) is 10.0 Å². The number of halogens is 1. The van der Waals surface area contributed by atoms with Crippen LogP contribution in [0.5, 0.6) is 0 Å². The highest BCUT2D eigenvalue weighted by atomic mass is 35.5. The van der Waals surface area contributed by atoms with Crippen LogP contribution in [0.2, 0.25) is 0 Å². The van der Waals surface area contributed by atoms with E-state index in [1.807, 2.05) is 30.3 Å². The lowest BCUT2D eigenvalue weighted by Crippen LogP contribution is -2.45. The van der Waals surface area contributed by atoms with E-state index in [0.717, 1.165) is 31.5 Å². The van der Waals surface area contributed by atoms with Gasteiger partial charge in [-0.25, -0.2) is 13.1 Å². The van der Waals surface area contributed by atoms with Crippen molar-refractivity contribution in [1.82, 2.24) is 10.0 Å². The van der Waals surface area contributed by atoms with E-state index < -0.39 is 10.0 Å². The Hall–Kier alpha value is -0.620. The Morgan fingerprint density at radius 3 is 2.61 bits per heavy atom. The maximum Gasteiger partial charge on any atom is 0.216 e. The van der Waals surface area contributed by atoms with E-state index in [1.54, 1.807) is 0 Å². The van der Waals surface area contributed by atoms with E-state index in [9.17, 15) is 8.42 Å². The summed E-state index contributed by atoms with van der Waals surface area (Å²) in [5.74, 6) is 0.0599. The van der Waals surface area contributed by atoms with Crippen LogP contribution >= 0.6 is 12.4 Å². The predicted molar refractivity (Wildman–Crippen MR) is 75.3 cm³/mol. The van der Waals surface area contributed by atoms with Crippen molar-refractivity contribution in [3.63, 3.8) is 0 Å². The van der Waals surface area contributed by atoms with Gasteiger partial charge in [0.05, 0.1) is 5.75 Å². The molecule has 0 saturated carbocycles. The van der Waals surface area contributed by atoms with Crippen molar-refractivity contribution < 1.29 is 8.42 Å². The maximum absolute atomic E-state index is 11.9. The van der Waals surface area contributed by atoms with Crippen LogP contribution in [-0.2, 0) is 15.8 Å². The van der Waals surface area contributed by atoms with Crippen molar-refractivity contribution in [2.45, 2.75) is 24.6 Å². The Balaban J connectivity index is 0.00000162. The first kappa shape index (κ1) is 15.4. The lowest BCUT2D eigenvalue weighted by atomic mass is 10.1. The molecular formula is C12H19ClN2O2S. The van der Waals surface area contributed by atoms with Crippen LogP contribution in [0, 0.1) is 0 Å². The van der Waals surface area contributed by atoms with Gasteiger partial charge in [0.25, 0.3) is 0 Å². The second kappa shape index (κ2) is 7.09. The molecule has 1 aromatic rings. The van der Waals surface area contributed by atoms with Crippen molar-refractivity contribution in [2.75, 3.05) is 13.1 Å². The monoisotopic (exact) mass is 290 g/mol. The van der Waals surface area contributed by atoms with Gasteiger partial charge in [0.2, 0.25) is 10.0 Å². The van der Waals surface area contributed by atoms with Crippen molar-refractivity contribution in [2.24, 2.45) is 0 Å². The van der Waals surface area contributed by atoms with Gasteiger partial charge < -0.3 is 5.32 Å².